The highest BCUT2D eigenvalue weighted by Crippen LogP contribution is 2.48. The average Bonchev–Trinajstić information content (AvgIpc) is 2.88. The first-order valence-electron chi connectivity index (χ1n) is 6.93. The van der Waals surface area contributed by atoms with Gasteiger partial charge in [-0.15, -0.1) is 0 Å². The molecule has 0 unspecified atom stereocenters. The summed E-state index contributed by atoms with van der Waals surface area (Å²) in [6.45, 7) is 0.488. The lowest BCUT2D eigenvalue weighted by Crippen LogP contribution is -2.58. The summed E-state index contributed by atoms with van der Waals surface area (Å²) >= 11 is 1.16. The van der Waals surface area contributed by atoms with E-state index in [1.807, 2.05) is 0 Å². The first-order chi connectivity index (χ1) is 11.1. The fourth-order valence-electron chi connectivity index (χ4n) is 2.85. The third-order valence-corrected chi connectivity index (χ3v) is 4.82. The van der Waals surface area contributed by atoms with Gasteiger partial charge in [-0.1, -0.05) is 11.8 Å². The van der Waals surface area contributed by atoms with Crippen LogP contribution in [0.5, 0.6) is 0 Å². The summed E-state index contributed by atoms with van der Waals surface area (Å²) in [4.78, 5) is 43.9. The molecule has 1 saturated heterocycles. The van der Waals surface area contributed by atoms with Crippen LogP contribution in [-0.4, -0.2) is 51.0 Å². The second-order valence-electron chi connectivity index (χ2n) is 5.05. The van der Waals surface area contributed by atoms with Crippen LogP contribution in [0.4, 0.5) is 0 Å². The summed E-state index contributed by atoms with van der Waals surface area (Å²) in [7, 11) is 0. The molecule has 3 rings (SSSR count). The summed E-state index contributed by atoms with van der Waals surface area (Å²) in [5.74, 6) is -1.70. The van der Waals surface area contributed by atoms with Gasteiger partial charge in [0.15, 0.2) is 5.16 Å². The van der Waals surface area contributed by atoms with Gasteiger partial charge in [-0.05, 0) is 12.5 Å². The van der Waals surface area contributed by atoms with Gasteiger partial charge in [-0.2, -0.15) is 0 Å². The van der Waals surface area contributed by atoms with Crippen LogP contribution in [0.25, 0.3) is 0 Å². The molecule has 0 bridgehead atoms. The van der Waals surface area contributed by atoms with E-state index in [1.54, 1.807) is 18.5 Å². The minimum atomic E-state index is -1.14. The van der Waals surface area contributed by atoms with Crippen LogP contribution in [0.15, 0.2) is 34.2 Å². The number of aromatic nitrogens is 2. The Morgan fingerprint density at radius 1 is 1.48 bits per heavy atom. The van der Waals surface area contributed by atoms with E-state index in [-0.39, 0.29) is 30.2 Å². The van der Waals surface area contributed by atoms with Gasteiger partial charge in [0, 0.05) is 23.7 Å². The number of carboxylic acid groups (broad SMARTS) is 1. The molecule has 9 heteroatoms. The summed E-state index contributed by atoms with van der Waals surface area (Å²) < 4.78 is 4.63. The van der Waals surface area contributed by atoms with Crippen molar-refractivity contribution < 1.29 is 24.2 Å². The zero-order chi connectivity index (χ0) is 16.4. The Hall–Kier alpha value is -2.42. The van der Waals surface area contributed by atoms with Gasteiger partial charge >= 0.3 is 5.97 Å². The number of ether oxygens (including phenoxy) is 1. The van der Waals surface area contributed by atoms with Gasteiger partial charge in [0.05, 0.1) is 18.6 Å². The molecule has 1 aromatic rings. The van der Waals surface area contributed by atoms with Crippen LogP contribution in [0.1, 0.15) is 12.8 Å². The molecule has 23 heavy (non-hydrogen) atoms. The van der Waals surface area contributed by atoms with Gasteiger partial charge in [0.2, 0.25) is 5.91 Å². The van der Waals surface area contributed by atoms with Crippen LogP contribution < -0.4 is 0 Å². The van der Waals surface area contributed by atoms with Crippen LogP contribution in [0.3, 0.4) is 0 Å². The van der Waals surface area contributed by atoms with Crippen molar-refractivity contribution in [1.82, 2.24) is 14.9 Å². The molecule has 3 heterocycles. The molecule has 0 spiro atoms. The molecule has 0 aliphatic carbocycles. The maximum absolute atomic E-state index is 12.2. The number of hydrogen-bond acceptors (Lipinski definition) is 7. The molecule has 0 radical (unpaired) electrons. The fourth-order valence-corrected chi connectivity index (χ4v) is 3.84. The molecule has 1 amide bonds. The molecule has 2 aliphatic rings. The minimum Gasteiger partial charge on any atom is -0.477 e. The molecule has 1 N–H and O–H groups in total. The SMILES string of the molecule is O=COCC[C@@H]1C(=O)N2C(C(=O)O)=C(Sc3ncccn3)C[C@H]12. The molecule has 1 aromatic heterocycles. The summed E-state index contributed by atoms with van der Waals surface area (Å²) in [6, 6.07) is 1.47. The molecule has 1 fully saturated rings. The van der Waals surface area contributed by atoms with Crippen molar-refractivity contribution >= 4 is 30.1 Å². The topological polar surface area (TPSA) is 110 Å². The van der Waals surface area contributed by atoms with E-state index in [2.05, 4.69) is 14.7 Å². The number of nitrogens with zero attached hydrogens (tertiary/aromatic N) is 3. The predicted molar refractivity (Wildman–Crippen MR) is 77.9 cm³/mol. The second-order valence-corrected chi connectivity index (χ2v) is 6.11. The highest BCUT2D eigenvalue weighted by molar-refractivity contribution is 8.03. The van der Waals surface area contributed by atoms with Gasteiger partial charge in [0.25, 0.3) is 6.47 Å². The van der Waals surface area contributed by atoms with Crippen LogP contribution in [0.2, 0.25) is 0 Å². The Morgan fingerprint density at radius 2 is 2.22 bits per heavy atom. The number of amides is 1. The summed E-state index contributed by atoms with van der Waals surface area (Å²) in [5.41, 5.74) is 0.00464. The van der Waals surface area contributed by atoms with E-state index >= 15 is 0 Å². The third-order valence-electron chi connectivity index (χ3n) is 3.82. The number of aliphatic carboxylic acids is 1. The van der Waals surface area contributed by atoms with E-state index < -0.39 is 5.97 Å². The van der Waals surface area contributed by atoms with E-state index in [1.165, 1.54) is 4.90 Å². The zero-order valence-electron chi connectivity index (χ0n) is 11.9. The van der Waals surface area contributed by atoms with Crippen molar-refractivity contribution in [2.45, 2.75) is 24.0 Å². The van der Waals surface area contributed by atoms with Crippen molar-refractivity contribution in [3.8, 4) is 0 Å². The third kappa shape index (κ3) is 2.79. The molecule has 8 nitrogen and oxygen atoms in total. The largest absolute Gasteiger partial charge is 0.477 e. The predicted octanol–water partition coefficient (Wildman–Crippen LogP) is 0.659. The highest BCUT2D eigenvalue weighted by Gasteiger charge is 2.54. The molecule has 0 saturated carbocycles. The van der Waals surface area contributed by atoms with Crippen molar-refractivity contribution in [2.24, 2.45) is 5.92 Å². The Balaban J connectivity index is 1.77. The first-order valence-corrected chi connectivity index (χ1v) is 7.74. The number of carbonyl (C=O) groups excluding carboxylic acids is 2. The quantitative estimate of drug-likeness (QED) is 0.335. The molecule has 0 aromatic carbocycles. The first kappa shape index (κ1) is 15.5. The Labute approximate surface area is 135 Å². The molecular weight excluding hydrogens is 322 g/mol. The number of carboxylic acids is 1. The number of β-lactam (4-membered cyclic amide) rings is 1. The van der Waals surface area contributed by atoms with E-state index in [0.29, 0.717) is 29.4 Å². The van der Waals surface area contributed by atoms with Crippen molar-refractivity contribution in [3.63, 3.8) is 0 Å². The molecule has 2 atom stereocenters. The van der Waals surface area contributed by atoms with Crippen LogP contribution >= 0.6 is 11.8 Å². The fraction of sp³-hybridized carbons (Fsp3) is 0.357. The van der Waals surface area contributed by atoms with Crippen LogP contribution in [-0.2, 0) is 19.1 Å². The number of fused-ring (bicyclic) bond motifs is 1. The van der Waals surface area contributed by atoms with Crippen molar-refractivity contribution in [2.75, 3.05) is 6.61 Å². The lowest BCUT2D eigenvalue weighted by atomic mass is 9.85. The smallest absolute Gasteiger partial charge is 0.353 e. The Bertz CT molecular complexity index is 678. The Morgan fingerprint density at radius 3 is 2.87 bits per heavy atom. The highest BCUT2D eigenvalue weighted by atomic mass is 32.2. The van der Waals surface area contributed by atoms with Gasteiger partial charge in [-0.25, -0.2) is 14.8 Å². The van der Waals surface area contributed by atoms with E-state index in [0.717, 1.165) is 11.8 Å². The number of thioether (sulfide) groups is 1. The number of rotatable bonds is 7. The van der Waals surface area contributed by atoms with Crippen molar-refractivity contribution in [1.29, 1.82) is 0 Å². The minimum absolute atomic E-state index is 0.00464. The average molecular weight is 335 g/mol. The monoisotopic (exact) mass is 335 g/mol. The van der Waals surface area contributed by atoms with E-state index in [9.17, 15) is 19.5 Å². The number of hydrogen-bond donors (Lipinski definition) is 1. The maximum Gasteiger partial charge on any atom is 0.353 e. The summed E-state index contributed by atoms with van der Waals surface area (Å²) in [5, 5.41) is 9.87. The zero-order valence-corrected chi connectivity index (χ0v) is 12.7. The normalized spacial score (nSPS) is 22.6. The molecular formula is C14H13N3O5S. The van der Waals surface area contributed by atoms with Gasteiger partial charge in [-0.3, -0.25) is 9.59 Å². The Kier molecular flexibility index (Phi) is 4.28. The van der Waals surface area contributed by atoms with Crippen molar-refractivity contribution in [3.05, 3.63) is 29.1 Å². The number of carbonyl (C=O) groups is 3. The lowest BCUT2D eigenvalue weighted by molar-refractivity contribution is -0.156. The van der Waals surface area contributed by atoms with Gasteiger partial charge < -0.3 is 14.7 Å². The maximum atomic E-state index is 12.2. The standard InChI is InChI=1S/C14H13N3O5S/c18-7-22-5-2-8-9-6-10(23-14-15-3-1-4-16-14)11(13(20)21)17(9)12(8)19/h1,3-4,7-9H,2,5-6H2,(H,20,21)/t8-,9+/m0/s1. The second kappa shape index (κ2) is 6.37. The lowest BCUT2D eigenvalue weighted by Gasteiger charge is -2.43. The van der Waals surface area contributed by atoms with Crippen LogP contribution in [0, 0.1) is 5.92 Å². The summed E-state index contributed by atoms with van der Waals surface area (Å²) in [6.07, 6.45) is 3.99. The van der Waals surface area contributed by atoms with E-state index in [4.69, 9.17) is 0 Å². The van der Waals surface area contributed by atoms with Gasteiger partial charge in [0.1, 0.15) is 5.70 Å². The molecule has 2 aliphatic heterocycles. The molecule has 120 valence electrons.